The molecule has 160 valence electrons. The lowest BCUT2D eigenvalue weighted by molar-refractivity contribution is 0.355. The number of ether oxygens (including phenoxy) is 2. The number of fused-ring (bicyclic) bond motifs is 1. The molecule has 2 aromatic heterocycles. The zero-order chi connectivity index (χ0) is 21.8. The van der Waals surface area contributed by atoms with E-state index >= 15 is 0 Å². The van der Waals surface area contributed by atoms with Crippen LogP contribution < -0.4 is 20.3 Å². The summed E-state index contributed by atoms with van der Waals surface area (Å²) in [5, 5.41) is 6.40. The molecule has 1 N–H and O–H groups in total. The van der Waals surface area contributed by atoms with Crippen LogP contribution in [0.4, 0.5) is 0 Å². The molecule has 6 heteroatoms. The molecular weight excluding hydrogens is 408 g/mol. The summed E-state index contributed by atoms with van der Waals surface area (Å²) in [4.78, 5) is 14.7. The largest absolute Gasteiger partial charge is 0.493 e. The highest BCUT2D eigenvalue weighted by Crippen LogP contribution is 2.32. The third kappa shape index (κ3) is 4.65. The summed E-state index contributed by atoms with van der Waals surface area (Å²) >= 11 is 1.70. The number of hydrogen-bond acceptors (Lipinski definition) is 5. The van der Waals surface area contributed by atoms with Crippen LogP contribution >= 0.6 is 11.3 Å². The van der Waals surface area contributed by atoms with E-state index in [1.54, 1.807) is 25.6 Å². The maximum absolute atomic E-state index is 13.5. The van der Waals surface area contributed by atoms with Gasteiger partial charge in [-0.3, -0.25) is 4.79 Å². The molecule has 0 fully saturated rings. The zero-order valence-corrected chi connectivity index (χ0v) is 18.8. The number of hydrogen-bond donors (Lipinski definition) is 1. The van der Waals surface area contributed by atoms with E-state index in [4.69, 9.17) is 9.47 Å². The number of pyridine rings is 1. The van der Waals surface area contributed by atoms with Crippen molar-refractivity contribution in [1.29, 1.82) is 0 Å². The van der Waals surface area contributed by atoms with Gasteiger partial charge in [-0.15, -0.1) is 11.3 Å². The first-order valence-electron chi connectivity index (χ1n) is 10.2. The fraction of sp³-hybridized carbons (Fsp3) is 0.240. The first kappa shape index (κ1) is 21.2. The molecular formula is C25H26N2O3S. The predicted molar refractivity (Wildman–Crippen MR) is 126 cm³/mol. The van der Waals surface area contributed by atoms with Crippen molar-refractivity contribution in [2.75, 3.05) is 14.2 Å². The molecule has 2 heterocycles. The molecule has 0 aliphatic rings. The number of aryl methyl sites for hydroxylation is 1. The topological polar surface area (TPSA) is 52.5 Å². The second-order valence-electron chi connectivity index (χ2n) is 7.50. The third-order valence-corrected chi connectivity index (χ3v) is 6.21. The normalized spacial score (nSPS) is 11.1. The number of nitrogens with one attached hydrogen (secondary N) is 1. The van der Waals surface area contributed by atoms with E-state index in [1.165, 1.54) is 10.4 Å². The van der Waals surface area contributed by atoms with Gasteiger partial charge in [-0.2, -0.15) is 0 Å². The zero-order valence-electron chi connectivity index (χ0n) is 18.0. The molecule has 0 radical (unpaired) electrons. The summed E-state index contributed by atoms with van der Waals surface area (Å²) in [6.45, 7) is 3.78. The van der Waals surface area contributed by atoms with Crippen molar-refractivity contribution in [3.05, 3.63) is 91.9 Å². The average Bonchev–Trinajstić information content (AvgIpc) is 3.30. The first-order chi connectivity index (χ1) is 15.1. The lowest BCUT2D eigenvalue weighted by atomic mass is 10.1. The molecule has 0 bridgehead atoms. The van der Waals surface area contributed by atoms with Gasteiger partial charge in [0.05, 0.1) is 26.3 Å². The van der Waals surface area contributed by atoms with Gasteiger partial charge in [0.25, 0.3) is 5.56 Å². The van der Waals surface area contributed by atoms with E-state index in [2.05, 4.69) is 48.0 Å². The smallest absolute Gasteiger partial charge is 0.255 e. The van der Waals surface area contributed by atoms with Gasteiger partial charge in [0.1, 0.15) is 0 Å². The van der Waals surface area contributed by atoms with E-state index in [9.17, 15) is 4.79 Å². The third-order valence-electron chi connectivity index (χ3n) is 5.33. The Morgan fingerprint density at radius 1 is 0.968 bits per heavy atom. The molecule has 5 nitrogen and oxygen atoms in total. The number of aromatic nitrogens is 1. The summed E-state index contributed by atoms with van der Waals surface area (Å²) in [5.41, 5.74) is 3.82. The Bertz CT molecular complexity index is 1230. The van der Waals surface area contributed by atoms with E-state index in [1.807, 2.05) is 28.8 Å². The Balaban J connectivity index is 1.77. The summed E-state index contributed by atoms with van der Waals surface area (Å²) in [6, 6.07) is 18.2. The Morgan fingerprint density at radius 2 is 1.71 bits per heavy atom. The Hall–Kier alpha value is -3.09. The van der Waals surface area contributed by atoms with Crippen molar-refractivity contribution >= 4 is 22.2 Å². The average molecular weight is 435 g/mol. The summed E-state index contributed by atoms with van der Waals surface area (Å²) < 4.78 is 12.8. The summed E-state index contributed by atoms with van der Waals surface area (Å²) in [5.74, 6) is 1.25. The second-order valence-corrected chi connectivity index (χ2v) is 8.53. The van der Waals surface area contributed by atoms with Crippen LogP contribution in [0.2, 0.25) is 0 Å². The number of methoxy groups -OCH3 is 2. The van der Waals surface area contributed by atoms with Crippen molar-refractivity contribution in [2.45, 2.75) is 26.6 Å². The van der Waals surface area contributed by atoms with Gasteiger partial charge < -0.3 is 19.4 Å². The number of rotatable bonds is 8. The van der Waals surface area contributed by atoms with Crippen molar-refractivity contribution in [2.24, 2.45) is 0 Å². The van der Waals surface area contributed by atoms with Gasteiger partial charge in [-0.1, -0.05) is 35.9 Å². The highest BCUT2D eigenvalue weighted by Gasteiger charge is 2.14. The molecule has 31 heavy (non-hydrogen) atoms. The van der Waals surface area contributed by atoms with Crippen molar-refractivity contribution < 1.29 is 9.47 Å². The Morgan fingerprint density at radius 3 is 2.39 bits per heavy atom. The van der Waals surface area contributed by atoms with E-state index < -0.39 is 0 Å². The number of benzene rings is 2. The predicted octanol–water partition coefficient (Wildman–Crippen LogP) is 4.73. The minimum Gasteiger partial charge on any atom is -0.493 e. The van der Waals surface area contributed by atoms with Crippen molar-refractivity contribution in [3.63, 3.8) is 0 Å². The molecule has 4 rings (SSSR count). The van der Waals surface area contributed by atoms with Gasteiger partial charge in [0.2, 0.25) is 0 Å². The van der Waals surface area contributed by atoms with E-state index in [0.717, 1.165) is 28.6 Å². The van der Waals surface area contributed by atoms with Crippen LogP contribution in [0.1, 0.15) is 21.6 Å². The first-order valence-corrected chi connectivity index (χ1v) is 11.0. The van der Waals surface area contributed by atoms with Gasteiger partial charge in [-0.05, 0) is 36.1 Å². The highest BCUT2D eigenvalue weighted by molar-refractivity contribution is 7.09. The second kappa shape index (κ2) is 9.37. The van der Waals surface area contributed by atoms with Gasteiger partial charge >= 0.3 is 0 Å². The number of thiophene rings is 1. The quantitative estimate of drug-likeness (QED) is 0.436. The van der Waals surface area contributed by atoms with Gasteiger partial charge in [-0.25, -0.2) is 0 Å². The molecule has 0 saturated carbocycles. The summed E-state index contributed by atoms with van der Waals surface area (Å²) in [7, 11) is 3.23. The minimum absolute atomic E-state index is 0.000950. The lowest BCUT2D eigenvalue weighted by Gasteiger charge is -2.16. The molecule has 0 amide bonds. The fourth-order valence-corrected chi connectivity index (χ4v) is 4.33. The van der Waals surface area contributed by atoms with Crippen LogP contribution in [0, 0.1) is 6.92 Å². The summed E-state index contributed by atoms with van der Waals surface area (Å²) in [6.07, 6.45) is 0. The van der Waals surface area contributed by atoms with Gasteiger partial charge in [0, 0.05) is 35.0 Å². The van der Waals surface area contributed by atoms with Crippen LogP contribution in [0.15, 0.2) is 64.8 Å². The fourth-order valence-electron chi connectivity index (χ4n) is 3.66. The van der Waals surface area contributed by atoms with Crippen LogP contribution in [0.5, 0.6) is 11.5 Å². The SMILES string of the molecule is COc1cc2cc(CNCc3cccs3)c(=O)n(Cc3ccc(C)cc3)c2cc1OC. The Kier molecular flexibility index (Phi) is 6.39. The lowest BCUT2D eigenvalue weighted by Crippen LogP contribution is -2.28. The standard InChI is InChI=1S/C25H26N2O3S/c1-17-6-8-18(9-7-17)16-27-22-13-24(30-3)23(29-2)12-19(22)11-20(25(27)28)14-26-15-21-5-4-10-31-21/h4-13,26H,14-16H2,1-3H3. The van der Waals surface area contributed by atoms with E-state index in [-0.39, 0.29) is 5.56 Å². The van der Waals surface area contributed by atoms with Crippen LogP contribution in [0.3, 0.4) is 0 Å². The maximum Gasteiger partial charge on any atom is 0.255 e. The molecule has 0 atom stereocenters. The Labute approximate surface area is 185 Å². The molecule has 2 aromatic carbocycles. The van der Waals surface area contributed by atoms with Crippen molar-refractivity contribution in [3.8, 4) is 11.5 Å². The molecule has 0 aliphatic carbocycles. The van der Waals surface area contributed by atoms with Crippen LogP contribution in [-0.2, 0) is 19.6 Å². The molecule has 0 aliphatic heterocycles. The molecule has 0 saturated heterocycles. The van der Waals surface area contributed by atoms with Crippen molar-refractivity contribution in [1.82, 2.24) is 9.88 Å². The van der Waals surface area contributed by atoms with Crippen LogP contribution in [0.25, 0.3) is 10.9 Å². The highest BCUT2D eigenvalue weighted by atomic mass is 32.1. The minimum atomic E-state index is -0.000950. The number of nitrogens with zero attached hydrogens (tertiary/aromatic N) is 1. The van der Waals surface area contributed by atoms with Gasteiger partial charge in [0.15, 0.2) is 11.5 Å². The molecule has 0 spiro atoms. The van der Waals surface area contributed by atoms with E-state index in [0.29, 0.717) is 24.6 Å². The monoisotopic (exact) mass is 434 g/mol. The molecule has 0 unspecified atom stereocenters. The molecule has 4 aromatic rings. The maximum atomic E-state index is 13.5. The van der Waals surface area contributed by atoms with Crippen LogP contribution in [-0.4, -0.2) is 18.8 Å².